The van der Waals surface area contributed by atoms with Crippen molar-refractivity contribution in [2.45, 2.75) is 51.5 Å². The van der Waals surface area contributed by atoms with Gasteiger partial charge in [-0.15, -0.1) is 0 Å². The molecule has 1 aliphatic rings. The Morgan fingerprint density at radius 1 is 1.41 bits per heavy atom. The molecular formula is C12H22N2O3. The van der Waals surface area contributed by atoms with Crippen molar-refractivity contribution < 1.29 is 14.7 Å². The minimum Gasteiger partial charge on any atom is -0.481 e. The summed E-state index contributed by atoms with van der Waals surface area (Å²) in [7, 11) is 0. The lowest BCUT2D eigenvalue weighted by Crippen LogP contribution is -2.47. The highest BCUT2D eigenvalue weighted by molar-refractivity contribution is 5.83. The molecule has 0 radical (unpaired) electrons. The number of rotatable bonds is 6. The summed E-state index contributed by atoms with van der Waals surface area (Å²) in [5.41, 5.74) is 5.31. The molecule has 0 aromatic heterocycles. The van der Waals surface area contributed by atoms with Crippen LogP contribution in [0.15, 0.2) is 0 Å². The van der Waals surface area contributed by atoms with Gasteiger partial charge in [0.2, 0.25) is 5.91 Å². The summed E-state index contributed by atoms with van der Waals surface area (Å²) in [6, 6.07) is -0.109. The monoisotopic (exact) mass is 242 g/mol. The number of carboxylic acids is 1. The van der Waals surface area contributed by atoms with E-state index >= 15 is 0 Å². The third kappa shape index (κ3) is 3.70. The second-order valence-electron chi connectivity index (χ2n) is 5.00. The van der Waals surface area contributed by atoms with Crippen molar-refractivity contribution in [2.75, 3.05) is 6.54 Å². The van der Waals surface area contributed by atoms with E-state index in [-0.39, 0.29) is 18.4 Å². The lowest BCUT2D eigenvalue weighted by molar-refractivity contribution is -0.138. The first-order chi connectivity index (χ1) is 8.00. The zero-order valence-corrected chi connectivity index (χ0v) is 10.4. The van der Waals surface area contributed by atoms with Gasteiger partial charge in [0.1, 0.15) is 0 Å². The van der Waals surface area contributed by atoms with E-state index in [2.05, 4.69) is 5.32 Å². The molecule has 0 aromatic carbocycles. The molecule has 1 aliphatic carbocycles. The normalized spacial score (nSPS) is 19.9. The van der Waals surface area contributed by atoms with Crippen LogP contribution in [0.25, 0.3) is 0 Å². The Kier molecular flexibility index (Phi) is 4.93. The maximum absolute atomic E-state index is 12.1. The molecule has 0 saturated heterocycles. The largest absolute Gasteiger partial charge is 0.481 e. The molecule has 0 spiro atoms. The molecule has 1 atom stereocenters. The van der Waals surface area contributed by atoms with Gasteiger partial charge in [0.15, 0.2) is 0 Å². The van der Waals surface area contributed by atoms with Gasteiger partial charge in [0.05, 0.1) is 5.41 Å². The Morgan fingerprint density at radius 3 is 2.47 bits per heavy atom. The average molecular weight is 242 g/mol. The second-order valence-corrected chi connectivity index (χ2v) is 5.00. The lowest BCUT2D eigenvalue weighted by Gasteiger charge is -2.27. The summed E-state index contributed by atoms with van der Waals surface area (Å²) in [5, 5.41) is 11.5. The van der Waals surface area contributed by atoms with Gasteiger partial charge < -0.3 is 16.2 Å². The fraction of sp³-hybridized carbons (Fsp3) is 0.833. The molecule has 1 unspecified atom stereocenters. The van der Waals surface area contributed by atoms with E-state index in [0.29, 0.717) is 13.0 Å². The number of aliphatic carboxylic acids is 1. The molecule has 0 aliphatic heterocycles. The summed E-state index contributed by atoms with van der Waals surface area (Å²) < 4.78 is 0. The van der Waals surface area contributed by atoms with E-state index in [0.717, 1.165) is 25.7 Å². The Balaban J connectivity index is 2.44. The predicted octanol–water partition coefficient (Wildman–Crippen LogP) is 0.875. The minimum absolute atomic E-state index is 0.00427. The highest BCUT2D eigenvalue weighted by Crippen LogP contribution is 2.37. The van der Waals surface area contributed by atoms with Crippen molar-refractivity contribution in [2.24, 2.45) is 11.1 Å². The SMILES string of the molecule is CC(CCC(=O)O)NC(=O)C1(CN)CCCC1. The highest BCUT2D eigenvalue weighted by atomic mass is 16.4. The van der Waals surface area contributed by atoms with Crippen molar-refractivity contribution in [1.82, 2.24) is 5.32 Å². The first-order valence-electron chi connectivity index (χ1n) is 6.23. The third-order valence-corrected chi connectivity index (χ3v) is 3.60. The number of carbonyl (C=O) groups is 2. The molecule has 98 valence electrons. The van der Waals surface area contributed by atoms with Gasteiger partial charge in [0, 0.05) is 19.0 Å². The van der Waals surface area contributed by atoms with Crippen molar-refractivity contribution in [1.29, 1.82) is 0 Å². The van der Waals surface area contributed by atoms with Crippen molar-refractivity contribution in [3.63, 3.8) is 0 Å². The van der Waals surface area contributed by atoms with Crippen molar-refractivity contribution in [3.05, 3.63) is 0 Å². The minimum atomic E-state index is -0.833. The van der Waals surface area contributed by atoms with Gasteiger partial charge in [-0.3, -0.25) is 9.59 Å². The van der Waals surface area contributed by atoms with E-state index in [1.807, 2.05) is 6.92 Å². The van der Waals surface area contributed by atoms with Crippen LogP contribution < -0.4 is 11.1 Å². The van der Waals surface area contributed by atoms with Gasteiger partial charge in [-0.05, 0) is 26.2 Å². The number of nitrogens with two attached hydrogens (primary N) is 1. The zero-order chi connectivity index (χ0) is 12.9. The standard InChI is InChI=1S/C12H22N2O3/c1-9(4-5-10(15)16)14-11(17)12(8-13)6-2-3-7-12/h9H,2-8,13H2,1H3,(H,14,17)(H,15,16). The van der Waals surface area contributed by atoms with Gasteiger partial charge in [-0.1, -0.05) is 12.8 Å². The molecule has 17 heavy (non-hydrogen) atoms. The molecule has 5 nitrogen and oxygen atoms in total. The summed E-state index contributed by atoms with van der Waals surface area (Å²) in [6.07, 6.45) is 4.34. The molecule has 1 fully saturated rings. The van der Waals surface area contributed by atoms with Crippen LogP contribution in [0.2, 0.25) is 0 Å². The van der Waals surface area contributed by atoms with Gasteiger partial charge in [-0.25, -0.2) is 0 Å². The number of hydrogen-bond donors (Lipinski definition) is 3. The number of carboxylic acid groups (broad SMARTS) is 1. The molecule has 1 saturated carbocycles. The Labute approximate surface area is 102 Å². The maximum Gasteiger partial charge on any atom is 0.303 e. The van der Waals surface area contributed by atoms with Crippen LogP contribution in [0, 0.1) is 5.41 Å². The Hall–Kier alpha value is -1.10. The molecule has 0 aromatic rings. The van der Waals surface area contributed by atoms with E-state index in [1.165, 1.54) is 0 Å². The zero-order valence-electron chi connectivity index (χ0n) is 10.4. The van der Waals surface area contributed by atoms with E-state index in [9.17, 15) is 9.59 Å². The number of hydrogen-bond acceptors (Lipinski definition) is 3. The van der Waals surface area contributed by atoms with Crippen molar-refractivity contribution >= 4 is 11.9 Å². The van der Waals surface area contributed by atoms with Gasteiger partial charge in [0.25, 0.3) is 0 Å². The number of nitrogens with one attached hydrogen (secondary N) is 1. The van der Waals surface area contributed by atoms with Crippen LogP contribution in [-0.4, -0.2) is 29.6 Å². The van der Waals surface area contributed by atoms with Gasteiger partial charge in [-0.2, -0.15) is 0 Å². The second kappa shape index (κ2) is 6.00. The summed E-state index contributed by atoms with van der Waals surface area (Å²) in [5.74, 6) is -0.837. The lowest BCUT2D eigenvalue weighted by atomic mass is 9.85. The van der Waals surface area contributed by atoms with Crippen LogP contribution in [0.4, 0.5) is 0 Å². The highest BCUT2D eigenvalue weighted by Gasteiger charge is 2.40. The molecule has 1 rings (SSSR count). The molecule has 0 bridgehead atoms. The van der Waals surface area contributed by atoms with E-state index in [4.69, 9.17) is 10.8 Å². The average Bonchev–Trinajstić information content (AvgIpc) is 2.76. The van der Waals surface area contributed by atoms with Crippen LogP contribution in [0.1, 0.15) is 45.4 Å². The van der Waals surface area contributed by atoms with Crippen LogP contribution in [-0.2, 0) is 9.59 Å². The van der Waals surface area contributed by atoms with Gasteiger partial charge >= 0.3 is 5.97 Å². The number of carbonyl (C=O) groups excluding carboxylic acids is 1. The summed E-state index contributed by atoms with van der Waals surface area (Å²) in [4.78, 5) is 22.5. The number of amides is 1. The summed E-state index contributed by atoms with van der Waals surface area (Å²) >= 11 is 0. The fourth-order valence-corrected chi connectivity index (χ4v) is 2.36. The van der Waals surface area contributed by atoms with E-state index in [1.54, 1.807) is 0 Å². The van der Waals surface area contributed by atoms with Crippen LogP contribution >= 0.6 is 0 Å². The Bertz CT molecular complexity index is 285. The first-order valence-corrected chi connectivity index (χ1v) is 6.23. The van der Waals surface area contributed by atoms with Crippen LogP contribution in [0.3, 0.4) is 0 Å². The summed E-state index contributed by atoms with van der Waals surface area (Å²) in [6.45, 7) is 2.21. The van der Waals surface area contributed by atoms with Crippen LogP contribution in [0.5, 0.6) is 0 Å². The first kappa shape index (κ1) is 14.0. The molecule has 0 heterocycles. The molecule has 1 amide bonds. The maximum atomic E-state index is 12.1. The molecule has 5 heteroatoms. The Morgan fingerprint density at radius 2 is 2.00 bits per heavy atom. The molecule has 4 N–H and O–H groups in total. The topological polar surface area (TPSA) is 92.4 Å². The smallest absolute Gasteiger partial charge is 0.303 e. The predicted molar refractivity (Wildman–Crippen MR) is 64.4 cm³/mol. The van der Waals surface area contributed by atoms with Crippen molar-refractivity contribution in [3.8, 4) is 0 Å². The fourth-order valence-electron chi connectivity index (χ4n) is 2.36. The quantitative estimate of drug-likeness (QED) is 0.644. The third-order valence-electron chi connectivity index (χ3n) is 3.60. The van der Waals surface area contributed by atoms with E-state index < -0.39 is 11.4 Å². The molecular weight excluding hydrogens is 220 g/mol.